The average Bonchev–Trinajstić information content (AvgIpc) is 2.29. The first-order valence-electron chi connectivity index (χ1n) is 4.43. The first kappa shape index (κ1) is 10.5. The van der Waals surface area contributed by atoms with Crippen molar-refractivity contribution in [3.05, 3.63) is 41.6 Å². The van der Waals surface area contributed by atoms with Gasteiger partial charge >= 0.3 is 0 Å². The molecule has 0 aliphatic heterocycles. The van der Waals surface area contributed by atoms with Crippen molar-refractivity contribution in [3.8, 4) is 11.4 Å². The zero-order valence-electron chi connectivity index (χ0n) is 8.14. The van der Waals surface area contributed by atoms with Gasteiger partial charge in [0, 0.05) is 11.6 Å². The van der Waals surface area contributed by atoms with Crippen molar-refractivity contribution in [3.63, 3.8) is 0 Å². The van der Waals surface area contributed by atoms with Crippen molar-refractivity contribution in [1.29, 1.82) is 0 Å². The van der Waals surface area contributed by atoms with Crippen molar-refractivity contribution >= 4 is 23.4 Å². The molecule has 0 saturated carbocycles. The van der Waals surface area contributed by atoms with Gasteiger partial charge in [0.25, 0.3) is 0 Å². The lowest BCUT2D eigenvalue weighted by Crippen LogP contribution is -1.90. The van der Waals surface area contributed by atoms with Crippen LogP contribution in [0.3, 0.4) is 0 Å². The Labute approximate surface area is 97.7 Å². The Hall–Kier alpha value is -1.06. The van der Waals surface area contributed by atoms with E-state index in [0.717, 1.165) is 10.6 Å². The second-order valence-electron chi connectivity index (χ2n) is 2.92. The summed E-state index contributed by atoms with van der Waals surface area (Å²) in [4.78, 5) is 8.58. The molecule has 0 spiro atoms. The van der Waals surface area contributed by atoms with E-state index in [1.54, 1.807) is 17.8 Å². The first-order chi connectivity index (χ1) is 7.29. The van der Waals surface area contributed by atoms with Crippen molar-refractivity contribution in [2.45, 2.75) is 5.03 Å². The van der Waals surface area contributed by atoms with E-state index in [-0.39, 0.29) is 0 Å². The molecular weight excluding hydrogens is 228 g/mol. The highest BCUT2D eigenvalue weighted by Gasteiger charge is 2.04. The summed E-state index contributed by atoms with van der Waals surface area (Å²) in [5, 5.41) is 1.36. The Morgan fingerprint density at radius 2 is 1.87 bits per heavy atom. The fourth-order valence-electron chi connectivity index (χ4n) is 1.22. The number of hydrogen-bond acceptors (Lipinski definition) is 3. The molecule has 4 heteroatoms. The number of aromatic nitrogens is 2. The molecule has 0 unspecified atom stereocenters. The number of halogens is 1. The summed E-state index contributed by atoms with van der Waals surface area (Å²) in [7, 11) is 0. The predicted molar refractivity (Wildman–Crippen MR) is 64.3 cm³/mol. The summed E-state index contributed by atoms with van der Waals surface area (Å²) in [6, 6.07) is 11.6. The molecule has 0 aliphatic rings. The van der Waals surface area contributed by atoms with Crippen LogP contribution >= 0.6 is 23.4 Å². The van der Waals surface area contributed by atoms with E-state index in [1.165, 1.54) is 0 Å². The molecule has 15 heavy (non-hydrogen) atoms. The Morgan fingerprint density at radius 1 is 1.13 bits per heavy atom. The van der Waals surface area contributed by atoms with E-state index in [9.17, 15) is 0 Å². The molecule has 1 aromatic heterocycles. The second kappa shape index (κ2) is 4.64. The van der Waals surface area contributed by atoms with Crippen LogP contribution in [-0.2, 0) is 0 Å². The third-order valence-corrected chi connectivity index (χ3v) is 2.73. The molecule has 1 aromatic carbocycles. The lowest BCUT2D eigenvalue weighted by molar-refractivity contribution is 1.06. The van der Waals surface area contributed by atoms with Crippen LogP contribution < -0.4 is 0 Å². The minimum absolute atomic E-state index is 0.480. The summed E-state index contributed by atoms with van der Waals surface area (Å²) < 4.78 is 0. The van der Waals surface area contributed by atoms with Crippen LogP contribution in [0.15, 0.2) is 41.4 Å². The monoisotopic (exact) mass is 236 g/mol. The predicted octanol–water partition coefficient (Wildman–Crippen LogP) is 3.52. The maximum absolute atomic E-state index is 5.91. The molecule has 0 bridgehead atoms. The Balaban J connectivity index is 2.49. The third kappa shape index (κ3) is 2.49. The van der Waals surface area contributed by atoms with Crippen LogP contribution in [0.5, 0.6) is 0 Å². The molecule has 2 rings (SSSR count). The Bertz CT molecular complexity index is 459. The van der Waals surface area contributed by atoms with Crippen LogP contribution in [0.1, 0.15) is 0 Å². The SMILES string of the molecule is CSc1cc(Cl)nc(-c2ccccc2)n1. The van der Waals surface area contributed by atoms with Gasteiger partial charge in [-0.2, -0.15) is 0 Å². The number of benzene rings is 1. The molecule has 0 fully saturated rings. The number of nitrogens with zero attached hydrogens (tertiary/aromatic N) is 2. The van der Waals surface area contributed by atoms with Gasteiger partial charge in [0.2, 0.25) is 0 Å². The summed E-state index contributed by atoms with van der Waals surface area (Å²) in [5.74, 6) is 0.674. The minimum Gasteiger partial charge on any atom is -0.222 e. The zero-order chi connectivity index (χ0) is 10.7. The third-order valence-electron chi connectivity index (χ3n) is 1.91. The molecule has 76 valence electrons. The van der Waals surface area contributed by atoms with Crippen molar-refractivity contribution in [2.75, 3.05) is 6.26 Å². The summed E-state index contributed by atoms with van der Waals surface area (Å²) >= 11 is 7.47. The molecule has 0 aliphatic carbocycles. The minimum atomic E-state index is 0.480. The van der Waals surface area contributed by atoms with Gasteiger partial charge in [-0.05, 0) is 6.26 Å². The molecule has 2 aromatic rings. The normalized spacial score (nSPS) is 10.3. The van der Waals surface area contributed by atoms with Crippen molar-refractivity contribution < 1.29 is 0 Å². The lowest BCUT2D eigenvalue weighted by Gasteiger charge is -2.02. The van der Waals surface area contributed by atoms with Crippen LogP contribution in [0.4, 0.5) is 0 Å². The van der Waals surface area contributed by atoms with Crippen LogP contribution in [0.2, 0.25) is 5.15 Å². The highest BCUT2D eigenvalue weighted by atomic mass is 35.5. The smallest absolute Gasteiger partial charge is 0.162 e. The van der Waals surface area contributed by atoms with E-state index >= 15 is 0 Å². The van der Waals surface area contributed by atoms with Gasteiger partial charge in [-0.1, -0.05) is 41.9 Å². The highest BCUT2D eigenvalue weighted by Crippen LogP contribution is 2.21. The van der Waals surface area contributed by atoms with Crippen molar-refractivity contribution in [2.24, 2.45) is 0 Å². The maximum Gasteiger partial charge on any atom is 0.162 e. The maximum atomic E-state index is 5.91. The van der Waals surface area contributed by atoms with E-state index in [1.807, 2.05) is 36.6 Å². The summed E-state index contributed by atoms with van der Waals surface area (Å²) in [6.07, 6.45) is 1.97. The van der Waals surface area contributed by atoms with E-state index < -0.39 is 0 Å². The van der Waals surface area contributed by atoms with Crippen LogP contribution in [-0.4, -0.2) is 16.2 Å². The van der Waals surface area contributed by atoms with Gasteiger partial charge in [-0.3, -0.25) is 0 Å². The van der Waals surface area contributed by atoms with Gasteiger partial charge in [0.1, 0.15) is 10.2 Å². The number of hydrogen-bond donors (Lipinski definition) is 0. The number of thioether (sulfide) groups is 1. The van der Waals surface area contributed by atoms with Gasteiger partial charge in [-0.25, -0.2) is 9.97 Å². The van der Waals surface area contributed by atoms with E-state index in [0.29, 0.717) is 11.0 Å². The molecule has 0 atom stereocenters. The molecule has 0 saturated heterocycles. The molecule has 0 amide bonds. The molecule has 0 radical (unpaired) electrons. The van der Waals surface area contributed by atoms with Gasteiger partial charge < -0.3 is 0 Å². The summed E-state index contributed by atoms with van der Waals surface area (Å²) in [5.41, 5.74) is 0.982. The molecule has 1 heterocycles. The standard InChI is InChI=1S/C11H9ClN2S/c1-15-10-7-9(12)13-11(14-10)8-5-3-2-4-6-8/h2-7H,1H3. The molecule has 0 N–H and O–H groups in total. The summed E-state index contributed by atoms with van der Waals surface area (Å²) in [6.45, 7) is 0. The fourth-order valence-corrected chi connectivity index (χ4v) is 1.87. The number of rotatable bonds is 2. The van der Waals surface area contributed by atoms with Gasteiger partial charge in [0.15, 0.2) is 5.82 Å². The van der Waals surface area contributed by atoms with E-state index in [4.69, 9.17) is 11.6 Å². The lowest BCUT2D eigenvalue weighted by atomic mass is 10.2. The highest BCUT2D eigenvalue weighted by molar-refractivity contribution is 7.98. The van der Waals surface area contributed by atoms with Crippen molar-refractivity contribution in [1.82, 2.24) is 9.97 Å². The Kier molecular flexibility index (Phi) is 3.23. The molecule has 2 nitrogen and oxygen atoms in total. The average molecular weight is 237 g/mol. The van der Waals surface area contributed by atoms with Crippen LogP contribution in [0, 0.1) is 0 Å². The topological polar surface area (TPSA) is 25.8 Å². The second-order valence-corrected chi connectivity index (χ2v) is 4.14. The quantitative estimate of drug-likeness (QED) is 0.590. The van der Waals surface area contributed by atoms with Gasteiger partial charge in [0.05, 0.1) is 0 Å². The fraction of sp³-hybridized carbons (Fsp3) is 0.0909. The largest absolute Gasteiger partial charge is 0.222 e. The Morgan fingerprint density at radius 3 is 2.53 bits per heavy atom. The first-order valence-corrected chi connectivity index (χ1v) is 6.04. The zero-order valence-corrected chi connectivity index (χ0v) is 9.72. The molecular formula is C11H9ClN2S. The van der Waals surface area contributed by atoms with E-state index in [2.05, 4.69) is 9.97 Å². The van der Waals surface area contributed by atoms with Gasteiger partial charge in [-0.15, -0.1) is 11.8 Å². The van der Waals surface area contributed by atoms with Crippen LogP contribution in [0.25, 0.3) is 11.4 Å².